The van der Waals surface area contributed by atoms with Gasteiger partial charge in [0, 0.05) is 58.1 Å². The van der Waals surface area contributed by atoms with Crippen molar-refractivity contribution < 1.29 is 0 Å². The van der Waals surface area contributed by atoms with E-state index in [-0.39, 0.29) is 0 Å². The van der Waals surface area contributed by atoms with E-state index in [2.05, 4.69) is 194 Å². The van der Waals surface area contributed by atoms with Gasteiger partial charge in [-0.15, -0.1) is 22.7 Å². The van der Waals surface area contributed by atoms with Crippen LogP contribution in [0.3, 0.4) is 0 Å². The van der Waals surface area contributed by atoms with E-state index in [1.54, 1.807) is 11.3 Å². The average Bonchev–Trinajstić information content (AvgIpc) is 3.93. The van der Waals surface area contributed by atoms with Crippen LogP contribution in [0.4, 0.5) is 0 Å². The molecule has 0 saturated heterocycles. The number of nitrogens with zero attached hydrogens (tertiary/aromatic N) is 4. The van der Waals surface area contributed by atoms with Gasteiger partial charge in [-0.2, -0.15) is 0 Å². The molecule has 0 amide bonds. The van der Waals surface area contributed by atoms with Crippen molar-refractivity contribution in [3.8, 4) is 78.8 Å². The predicted molar refractivity (Wildman–Crippen MR) is 261 cm³/mol. The van der Waals surface area contributed by atoms with Crippen molar-refractivity contribution in [3.05, 3.63) is 206 Å². The molecule has 12 rings (SSSR count). The zero-order valence-electron chi connectivity index (χ0n) is 33.2. The van der Waals surface area contributed by atoms with Gasteiger partial charge in [0.05, 0.1) is 27.3 Å². The highest BCUT2D eigenvalue weighted by atomic mass is 32.1. The largest absolute Gasteiger partial charge is 0.228 e. The molecule has 12 aromatic rings. The number of thiophene rings is 2. The number of aromatic nitrogens is 4. The van der Waals surface area contributed by atoms with Crippen LogP contribution in [0, 0.1) is 0 Å². The molecule has 62 heavy (non-hydrogen) atoms. The van der Waals surface area contributed by atoms with Crippen molar-refractivity contribution in [2.24, 2.45) is 0 Å². The highest BCUT2D eigenvalue weighted by Crippen LogP contribution is 2.45. The molecule has 0 unspecified atom stereocenters. The molecule has 4 heterocycles. The minimum absolute atomic E-state index is 0.705. The lowest BCUT2D eigenvalue weighted by molar-refractivity contribution is 1.19. The van der Waals surface area contributed by atoms with Crippen molar-refractivity contribution >= 4 is 63.1 Å². The van der Waals surface area contributed by atoms with Crippen LogP contribution in [-0.4, -0.2) is 19.9 Å². The fourth-order valence-corrected chi connectivity index (χ4v) is 11.0. The molecule has 0 fully saturated rings. The van der Waals surface area contributed by atoms with Crippen LogP contribution in [0.2, 0.25) is 0 Å². The molecule has 4 aromatic heterocycles. The van der Waals surface area contributed by atoms with Gasteiger partial charge < -0.3 is 0 Å². The Kier molecular flexibility index (Phi) is 8.84. The molecule has 0 N–H and O–H groups in total. The van der Waals surface area contributed by atoms with Crippen LogP contribution in [0.1, 0.15) is 0 Å². The molecule has 0 aliphatic rings. The lowest BCUT2D eigenvalue weighted by Crippen LogP contribution is -1.96. The third-order valence-electron chi connectivity index (χ3n) is 11.5. The Hall–Kier alpha value is -7.64. The van der Waals surface area contributed by atoms with Gasteiger partial charge in [-0.25, -0.2) is 19.9 Å². The van der Waals surface area contributed by atoms with E-state index >= 15 is 0 Å². The summed E-state index contributed by atoms with van der Waals surface area (Å²) in [6.45, 7) is 0. The van der Waals surface area contributed by atoms with E-state index < -0.39 is 0 Å². The average molecular weight is 827 g/mol. The van der Waals surface area contributed by atoms with Crippen LogP contribution in [0.15, 0.2) is 206 Å². The Labute approximate surface area is 366 Å². The van der Waals surface area contributed by atoms with Crippen molar-refractivity contribution in [1.29, 1.82) is 0 Å². The number of hydrogen-bond acceptors (Lipinski definition) is 6. The zero-order valence-corrected chi connectivity index (χ0v) is 34.9. The first-order valence-electron chi connectivity index (χ1n) is 20.6. The van der Waals surface area contributed by atoms with E-state index in [4.69, 9.17) is 19.9 Å². The standard InChI is InChI=1S/C56H34N4S2/c1-4-15-35(16-5-1)40-21-12-22-41(33-40)47-34-46(37-17-6-2-7-18-37)57-56(58-47)45-26-14-28-49-50(45)44-25-13-24-42(53(44)62-49)36-29-31-39(32-30-36)55-59-51(38-19-8-3-9-20-38)54-52(60-55)43-23-10-11-27-48(43)61-54/h1-34H. The molecule has 0 spiro atoms. The normalized spacial score (nSPS) is 11.5. The molecule has 4 nitrogen and oxygen atoms in total. The number of rotatable bonds is 7. The highest BCUT2D eigenvalue weighted by Gasteiger charge is 2.20. The van der Waals surface area contributed by atoms with E-state index in [1.165, 1.54) is 36.0 Å². The minimum Gasteiger partial charge on any atom is -0.228 e. The molecule has 8 aromatic carbocycles. The summed E-state index contributed by atoms with van der Waals surface area (Å²) in [4.78, 5) is 21.0. The van der Waals surface area contributed by atoms with Gasteiger partial charge in [0.1, 0.15) is 0 Å². The van der Waals surface area contributed by atoms with Gasteiger partial charge in [-0.1, -0.05) is 182 Å². The summed E-state index contributed by atoms with van der Waals surface area (Å²) < 4.78 is 4.75. The maximum atomic E-state index is 5.33. The fourth-order valence-electron chi connectivity index (χ4n) is 8.53. The molecule has 290 valence electrons. The monoisotopic (exact) mass is 826 g/mol. The smallest absolute Gasteiger partial charge is 0.161 e. The Morgan fingerprint density at radius 1 is 0.306 bits per heavy atom. The topological polar surface area (TPSA) is 51.6 Å². The first-order valence-corrected chi connectivity index (χ1v) is 22.3. The molecular formula is C56H34N4S2. The maximum Gasteiger partial charge on any atom is 0.161 e. The van der Waals surface area contributed by atoms with Gasteiger partial charge in [0.2, 0.25) is 0 Å². The molecule has 0 saturated carbocycles. The van der Waals surface area contributed by atoms with Gasteiger partial charge in [0.25, 0.3) is 0 Å². The van der Waals surface area contributed by atoms with Gasteiger partial charge in [-0.05, 0) is 46.5 Å². The van der Waals surface area contributed by atoms with Gasteiger partial charge >= 0.3 is 0 Å². The molecule has 0 aliphatic carbocycles. The predicted octanol–water partition coefficient (Wildman–Crippen LogP) is 15.7. The zero-order chi connectivity index (χ0) is 41.0. The van der Waals surface area contributed by atoms with E-state index in [0.29, 0.717) is 5.82 Å². The number of hydrogen-bond donors (Lipinski definition) is 0. The molecule has 0 aliphatic heterocycles. The SMILES string of the molecule is c1ccc(-c2cccc(-c3cc(-c4ccccc4)nc(-c4cccc5sc6c(-c7ccc(-c8nc(-c9ccccc9)c9sc%10ccccc%10c9n8)cc7)cccc6c45)n3)c2)cc1. The summed E-state index contributed by atoms with van der Waals surface area (Å²) in [6.07, 6.45) is 0. The third kappa shape index (κ3) is 6.36. The summed E-state index contributed by atoms with van der Waals surface area (Å²) >= 11 is 3.57. The molecule has 0 radical (unpaired) electrons. The number of benzene rings is 8. The lowest BCUT2D eigenvalue weighted by atomic mass is 9.99. The van der Waals surface area contributed by atoms with Crippen LogP contribution < -0.4 is 0 Å². The quantitative estimate of drug-likeness (QED) is 0.161. The van der Waals surface area contributed by atoms with E-state index in [1.807, 2.05) is 23.5 Å². The van der Waals surface area contributed by atoms with Crippen LogP contribution in [0.25, 0.3) is 119 Å². The van der Waals surface area contributed by atoms with Gasteiger partial charge in [0.15, 0.2) is 11.6 Å². The van der Waals surface area contributed by atoms with Crippen LogP contribution >= 0.6 is 22.7 Å². The Balaban J connectivity index is 0.969. The van der Waals surface area contributed by atoms with Crippen molar-refractivity contribution in [2.75, 3.05) is 0 Å². The Morgan fingerprint density at radius 2 is 0.871 bits per heavy atom. The molecular weight excluding hydrogens is 793 g/mol. The van der Waals surface area contributed by atoms with Crippen molar-refractivity contribution in [1.82, 2.24) is 19.9 Å². The number of fused-ring (bicyclic) bond motifs is 6. The van der Waals surface area contributed by atoms with E-state index in [0.717, 1.165) is 77.5 Å². The van der Waals surface area contributed by atoms with Crippen molar-refractivity contribution in [2.45, 2.75) is 0 Å². The van der Waals surface area contributed by atoms with Crippen molar-refractivity contribution in [3.63, 3.8) is 0 Å². The minimum atomic E-state index is 0.705. The first-order chi connectivity index (χ1) is 30.7. The Morgan fingerprint density at radius 3 is 1.66 bits per heavy atom. The summed E-state index contributed by atoms with van der Waals surface area (Å²) in [5.74, 6) is 1.43. The summed E-state index contributed by atoms with van der Waals surface area (Å²) in [5.41, 5.74) is 13.6. The van der Waals surface area contributed by atoms with Crippen LogP contribution in [-0.2, 0) is 0 Å². The van der Waals surface area contributed by atoms with E-state index in [9.17, 15) is 0 Å². The van der Waals surface area contributed by atoms with Gasteiger partial charge in [-0.3, -0.25) is 0 Å². The second-order valence-corrected chi connectivity index (χ2v) is 17.5. The Bertz CT molecular complexity index is 3620. The highest BCUT2D eigenvalue weighted by molar-refractivity contribution is 7.26. The third-order valence-corrected chi connectivity index (χ3v) is 13.9. The van der Waals surface area contributed by atoms with Crippen LogP contribution in [0.5, 0.6) is 0 Å². The maximum absolute atomic E-state index is 5.33. The fraction of sp³-hybridized carbons (Fsp3) is 0. The second-order valence-electron chi connectivity index (χ2n) is 15.4. The lowest BCUT2D eigenvalue weighted by Gasteiger charge is -2.11. The molecule has 0 bridgehead atoms. The summed E-state index contributed by atoms with van der Waals surface area (Å²) in [7, 11) is 0. The molecule has 0 atom stereocenters. The second kappa shape index (κ2) is 15.1. The summed E-state index contributed by atoms with van der Waals surface area (Å²) in [6, 6.07) is 72.5. The molecule has 6 heteroatoms. The first kappa shape index (κ1) is 36.2. The summed E-state index contributed by atoms with van der Waals surface area (Å²) in [5, 5.41) is 3.51.